The lowest BCUT2D eigenvalue weighted by Crippen LogP contribution is -2.53. The van der Waals surface area contributed by atoms with Crippen LogP contribution >= 0.6 is 0 Å². The van der Waals surface area contributed by atoms with Gasteiger partial charge >= 0.3 is 0 Å². The number of imide groups is 1. The fraction of sp³-hybridized carbons (Fsp3) is 0.273. The summed E-state index contributed by atoms with van der Waals surface area (Å²) in [7, 11) is -3.86. The molecule has 0 saturated carbocycles. The monoisotopic (exact) mass is 283 g/mol. The van der Waals surface area contributed by atoms with Gasteiger partial charge in [-0.15, -0.1) is 0 Å². The summed E-state index contributed by atoms with van der Waals surface area (Å²) in [6.07, 6.45) is 0. The van der Waals surface area contributed by atoms with Crippen LogP contribution in [0.5, 0.6) is 0 Å². The van der Waals surface area contributed by atoms with Gasteiger partial charge < -0.3 is 5.73 Å². The second-order valence-corrected chi connectivity index (χ2v) is 6.03. The first-order chi connectivity index (χ1) is 8.93. The van der Waals surface area contributed by atoms with Crippen LogP contribution < -0.4 is 11.1 Å². The van der Waals surface area contributed by atoms with E-state index >= 15 is 0 Å². The van der Waals surface area contributed by atoms with Crippen LogP contribution in [0.15, 0.2) is 29.2 Å². The van der Waals surface area contributed by atoms with Crippen molar-refractivity contribution in [3.05, 3.63) is 29.8 Å². The number of rotatable bonds is 3. The van der Waals surface area contributed by atoms with Crippen molar-refractivity contribution in [2.75, 3.05) is 13.1 Å². The molecule has 0 atom stereocenters. The lowest BCUT2D eigenvalue weighted by Gasteiger charge is -2.24. The Bertz CT molecular complexity index is 611. The van der Waals surface area contributed by atoms with Crippen molar-refractivity contribution in [3.63, 3.8) is 0 Å². The van der Waals surface area contributed by atoms with Gasteiger partial charge in [0.25, 0.3) is 0 Å². The molecule has 1 aliphatic rings. The zero-order chi connectivity index (χ0) is 14.0. The van der Waals surface area contributed by atoms with Crippen LogP contribution in [0.4, 0.5) is 0 Å². The number of carbonyl (C=O) groups excluding carboxylic acids is 2. The number of sulfonamides is 1. The predicted molar refractivity (Wildman–Crippen MR) is 66.2 cm³/mol. The normalized spacial score (nSPS) is 17.3. The molecule has 7 nitrogen and oxygen atoms in total. The quantitative estimate of drug-likeness (QED) is 0.677. The van der Waals surface area contributed by atoms with E-state index in [2.05, 4.69) is 5.32 Å². The Hall–Kier alpha value is -1.77. The van der Waals surface area contributed by atoms with E-state index in [4.69, 9.17) is 5.73 Å². The summed E-state index contributed by atoms with van der Waals surface area (Å²) in [6.45, 7) is -0.509. The van der Waals surface area contributed by atoms with E-state index < -0.39 is 21.8 Å². The molecule has 1 fully saturated rings. The molecule has 3 N–H and O–H groups in total. The zero-order valence-corrected chi connectivity index (χ0v) is 10.8. The first-order valence-corrected chi connectivity index (χ1v) is 6.99. The zero-order valence-electron chi connectivity index (χ0n) is 10.00. The van der Waals surface area contributed by atoms with Crippen molar-refractivity contribution in [1.29, 1.82) is 0 Å². The first kappa shape index (κ1) is 13.7. The minimum absolute atomic E-state index is 0.0259. The van der Waals surface area contributed by atoms with E-state index in [1.807, 2.05) is 0 Å². The second kappa shape index (κ2) is 5.08. The van der Waals surface area contributed by atoms with Crippen LogP contribution in [0, 0.1) is 0 Å². The molecule has 8 heteroatoms. The van der Waals surface area contributed by atoms with Crippen LogP contribution in [-0.2, 0) is 26.2 Å². The Morgan fingerprint density at radius 1 is 1.21 bits per heavy atom. The second-order valence-electron chi connectivity index (χ2n) is 4.10. The van der Waals surface area contributed by atoms with E-state index in [-0.39, 0.29) is 24.5 Å². The topological polar surface area (TPSA) is 110 Å². The molecule has 1 aromatic carbocycles. The van der Waals surface area contributed by atoms with E-state index in [0.29, 0.717) is 5.56 Å². The summed E-state index contributed by atoms with van der Waals surface area (Å²) in [5.41, 5.74) is 6.12. The van der Waals surface area contributed by atoms with Crippen molar-refractivity contribution in [2.24, 2.45) is 5.73 Å². The molecule has 2 amide bonds. The van der Waals surface area contributed by atoms with Gasteiger partial charge in [-0.25, -0.2) is 8.42 Å². The van der Waals surface area contributed by atoms with Crippen molar-refractivity contribution < 1.29 is 18.0 Å². The Kier molecular flexibility index (Phi) is 3.65. The fourth-order valence-corrected chi connectivity index (χ4v) is 3.19. The molecule has 19 heavy (non-hydrogen) atoms. The number of benzene rings is 1. The Balaban J connectivity index is 2.36. The summed E-state index contributed by atoms with van der Waals surface area (Å²) in [6, 6.07) is 6.12. The highest BCUT2D eigenvalue weighted by Gasteiger charge is 2.32. The van der Waals surface area contributed by atoms with Gasteiger partial charge in [-0.05, 0) is 17.7 Å². The van der Waals surface area contributed by atoms with Crippen molar-refractivity contribution in [1.82, 2.24) is 9.62 Å². The van der Waals surface area contributed by atoms with Crippen LogP contribution in [0.25, 0.3) is 0 Å². The SMILES string of the molecule is NCc1cccc(S(=O)(=O)N2CC(=O)NC(=O)C2)c1. The molecule has 0 spiro atoms. The summed E-state index contributed by atoms with van der Waals surface area (Å²) in [5.74, 6) is -1.26. The number of nitrogens with zero attached hydrogens (tertiary/aromatic N) is 1. The maximum atomic E-state index is 12.3. The molecule has 0 aromatic heterocycles. The molecule has 0 aliphatic carbocycles. The molecular formula is C11H13N3O4S. The molecule has 0 radical (unpaired) electrons. The lowest BCUT2D eigenvalue weighted by atomic mass is 10.2. The van der Waals surface area contributed by atoms with Crippen LogP contribution in [0.2, 0.25) is 0 Å². The minimum atomic E-state index is -3.86. The molecule has 0 unspecified atom stereocenters. The number of hydrogen-bond acceptors (Lipinski definition) is 5. The molecule has 1 saturated heterocycles. The third-order valence-corrected chi connectivity index (χ3v) is 4.48. The van der Waals surface area contributed by atoms with Gasteiger partial charge in [0.05, 0.1) is 18.0 Å². The molecular weight excluding hydrogens is 270 g/mol. The van der Waals surface area contributed by atoms with E-state index in [0.717, 1.165) is 4.31 Å². The van der Waals surface area contributed by atoms with Gasteiger partial charge in [-0.2, -0.15) is 4.31 Å². The predicted octanol–water partition coefficient (Wildman–Crippen LogP) is -1.21. The van der Waals surface area contributed by atoms with Gasteiger partial charge in [-0.1, -0.05) is 12.1 Å². The van der Waals surface area contributed by atoms with Crippen molar-refractivity contribution >= 4 is 21.8 Å². The third-order valence-electron chi connectivity index (χ3n) is 2.69. The largest absolute Gasteiger partial charge is 0.326 e. The average molecular weight is 283 g/mol. The Morgan fingerprint density at radius 2 is 1.84 bits per heavy atom. The number of nitrogens with one attached hydrogen (secondary N) is 1. The minimum Gasteiger partial charge on any atom is -0.326 e. The van der Waals surface area contributed by atoms with E-state index in [1.165, 1.54) is 12.1 Å². The first-order valence-electron chi connectivity index (χ1n) is 5.55. The van der Waals surface area contributed by atoms with Gasteiger partial charge in [0.1, 0.15) is 0 Å². The van der Waals surface area contributed by atoms with Gasteiger partial charge in [0, 0.05) is 6.54 Å². The summed E-state index contributed by atoms with van der Waals surface area (Å²) in [4.78, 5) is 22.5. The number of amides is 2. The van der Waals surface area contributed by atoms with Gasteiger partial charge in [0.15, 0.2) is 0 Å². The lowest BCUT2D eigenvalue weighted by molar-refractivity contribution is -0.134. The number of piperazine rings is 1. The van der Waals surface area contributed by atoms with Gasteiger partial charge in [-0.3, -0.25) is 14.9 Å². The Morgan fingerprint density at radius 3 is 2.42 bits per heavy atom. The standard InChI is InChI=1S/C11H13N3O4S/c12-5-8-2-1-3-9(4-8)19(17,18)14-6-10(15)13-11(16)7-14/h1-4H,5-7,12H2,(H,13,15,16). The molecule has 1 heterocycles. The maximum absolute atomic E-state index is 12.3. The molecule has 2 rings (SSSR count). The summed E-state index contributed by atoms with van der Waals surface area (Å²) < 4.78 is 25.4. The maximum Gasteiger partial charge on any atom is 0.244 e. The number of hydrogen-bond donors (Lipinski definition) is 2. The van der Waals surface area contributed by atoms with Gasteiger partial charge in [0.2, 0.25) is 21.8 Å². The highest BCUT2D eigenvalue weighted by molar-refractivity contribution is 7.89. The van der Waals surface area contributed by atoms with Crippen LogP contribution in [0.1, 0.15) is 5.56 Å². The molecule has 102 valence electrons. The summed E-state index contributed by atoms with van der Waals surface area (Å²) in [5, 5.41) is 2.05. The van der Waals surface area contributed by atoms with E-state index in [9.17, 15) is 18.0 Å². The Labute approximate surface area is 110 Å². The molecule has 0 bridgehead atoms. The highest BCUT2D eigenvalue weighted by atomic mass is 32.2. The summed E-state index contributed by atoms with van der Waals surface area (Å²) >= 11 is 0. The van der Waals surface area contributed by atoms with Crippen molar-refractivity contribution in [3.8, 4) is 0 Å². The number of carbonyl (C=O) groups is 2. The fourth-order valence-electron chi connectivity index (χ4n) is 1.76. The average Bonchev–Trinajstić information content (AvgIpc) is 2.37. The third kappa shape index (κ3) is 2.80. The number of nitrogens with two attached hydrogens (primary N) is 1. The van der Waals surface area contributed by atoms with E-state index in [1.54, 1.807) is 12.1 Å². The molecule has 1 aliphatic heterocycles. The van der Waals surface area contributed by atoms with Crippen LogP contribution in [0.3, 0.4) is 0 Å². The smallest absolute Gasteiger partial charge is 0.244 e. The highest BCUT2D eigenvalue weighted by Crippen LogP contribution is 2.17. The molecule has 1 aromatic rings. The van der Waals surface area contributed by atoms with Crippen molar-refractivity contribution in [2.45, 2.75) is 11.4 Å². The van der Waals surface area contributed by atoms with Crippen LogP contribution in [-0.4, -0.2) is 37.6 Å².